The Labute approximate surface area is 142 Å². The second-order valence-corrected chi connectivity index (χ2v) is 7.46. The quantitative estimate of drug-likeness (QED) is 0.414. The van der Waals surface area contributed by atoms with Crippen molar-refractivity contribution in [2.75, 3.05) is 0 Å². The van der Waals surface area contributed by atoms with Crippen molar-refractivity contribution in [3.63, 3.8) is 0 Å². The van der Waals surface area contributed by atoms with Crippen LogP contribution in [0.4, 0.5) is 0 Å². The maximum absolute atomic E-state index is 5.58. The molecule has 0 aliphatic rings. The van der Waals surface area contributed by atoms with Gasteiger partial charge in [0.25, 0.3) is 0 Å². The number of furan rings is 1. The van der Waals surface area contributed by atoms with Crippen LogP contribution in [0.1, 0.15) is 31.9 Å². The molecule has 0 fully saturated rings. The number of nitrogens with zero attached hydrogens (tertiary/aromatic N) is 1. The first-order valence-corrected chi connectivity index (χ1v) is 8.32. The van der Waals surface area contributed by atoms with Gasteiger partial charge in [0.15, 0.2) is 0 Å². The summed E-state index contributed by atoms with van der Waals surface area (Å²) in [5.74, 6) is 0. The molecular weight excluding hydrogens is 294 g/mol. The van der Waals surface area contributed by atoms with Crippen molar-refractivity contribution in [1.29, 1.82) is 0 Å². The zero-order valence-corrected chi connectivity index (χ0v) is 14.6. The zero-order chi connectivity index (χ0) is 16.9. The molecule has 2 heteroatoms. The smallest absolute Gasteiger partial charge is 0.226 e. The minimum Gasteiger partial charge on any atom is -0.446 e. The van der Waals surface area contributed by atoms with Gasteiger partial charge in [0, 0.05) is 10.9 Å². The van der Waals surface area contributed by atoms with Crippen molar-refractivity contribution in [3.05, 3.63) is 65.9 Å². The van der Waals surface area contributed by atoms with Crippen molar-refractivity contribution in [2.45, 2.75) is 33.1 Å². The standard InChI is InChI=1S/C22H21NO/c1-14-13-24-21-17(14)9-10-20(23-21)16-11-15-7-5-6-8-18(15)19(12-16)22(2,3)4/h5-13H,1-4H3. The van der Waals surface area contributed by atoms with E-state index in [9.17, 15) is 0 Å². The second-order valence-electron chi connectivity index (χ2n) is 7.46. The van der Waals surface area contributed by atoms with Crippen molar-refractivity contribution in [3.8, 4) is 11.3 Å². The van der Waals surface area contributed by atoms with Gasteiger partial charge in [-0.15, -0.1) is 0 Å². The van der Waals surface area contributed by atoms with Crippen LogP contribution in [0.15, 0.2) is 59.2 Å². The van der Waals surface area contributed by atoms with E-state index in [2.05, 4.69) is 69.3 Å². The molecule has 0 bridgehead atoms. The fraction of sp³-hybridized carbons (Fsp3) is 0.227. The van der Waals surface area contributed by atoms with Gasteiger partial charge in [-0.3, -0.25) is 0 Å². The number of benzene rings is 2. The largest absolute Gasteiger partial charge is 0.446 e. The number of rotatable bonds is 1. The monoisotopic (exact) mass is 315 g/mol. The van der Waals surface area contributed by atoms with E-state index in [1.165, 1.54) is 16.3 Å². The predicted octanol–water partition coefficient (Wildman–Crippen LogP) is 6.25. The molecule has 0 N–H and O–H groups in total. The molecule has 0 spiro atoms. The predicted molar refractivity (Wildman–Crippen MR) is 100 cm³/mol. The summed E-state index contributed by atoms with van der Waals surface area (Å²) in [7, 11) is 0. The highest BCUT2D eigenvalue weighted by Crippen LogP contribution is 2.34. The summed E-state index contributed by atoms with van der Waals surface area (Å²) in [6, 6.07) is 17.2. The Balaban J connectivity index is 1.98. The average molecular weight is 315 g/mol. The maximum Gasteiger partial charge on any atom is 0.226 e. The van der Waals surface area contributed by atoms with Crippen LogP contribution < -0.4 is 0 Å². The molecule has 120 valence electrons. The van der Waals surface area contributed by atoms with E-state index in [1.807, 2.05) is 6.92 Å². The van der Waals surface area contributed by atoms with E-state index in [1.54, 1.807) is 6.26 Å². The lowest BCUT2D eigenvalue weighted by molar-refractivity contribution is 0.596. The van der Waals surface area contributed by atoms with Crippen molar-refractivity contribution in [1.82, 2.24) is 4.98 Å². The van der Waals surface area contributed by atoms with Crippen molar-refractivity contribution >= 4 is 21.9 Å². The van der Waals surface area contributed by atoms with Gasteiger partial charge >= 0.3 is 0 Å². The van der Waals surface area contributed by atoms with Crippen LogP contribution in [0, 0.1) is 6.92 Å². The molecule has 0 amide bonds. The van der Waals surface area contributed by atoms with Crippen LogP contribution >= 0.6 is 0 Å². The maximum atomic E-state index is 5.58. The Bertz CT molecular complexity index is 1050. The van der Waals surface area contributed by atoms with Crippen LogP contribution in [-0.4, -0.2) is 4.98 Å². The molecule has 4 aromatic rings. The lowest BCUT2D eigenvalue weighted by Gasteiger charge is -2.22. The summed E-state index contributed by atoms with van der Waals surface area (Å²) in [6.45, 7) is 8.81. The van der Waals surface area contributed by atoms with Crippen LogP contribution in [-0.2, 0) is 5.41 Å². The highest BCUT2D eigenvalue weighted by atomic mass is 16.3. The molecule has 2 aromatic heterocycles. The Morgan fingerprint density at radius 2 is 1.71 bits per heavy atom. The number of hydrogen-bond acceptors (Lipinski definition) is 2. The first-order valence-electron chi connectivity index (χ1n) is 8.32. The van der Waals surface area contributed by atoms with E-state index in [0.717, 1.165) is 22.2 Å². The number of aromatic nitrogens is 1. The van der Waals surface area contributed by atoms with E-state index in [-0.39, 0.29) is 5.41 Å². The van der Waals surface area contributed by atoms with E-state index >= 15 is 0 Å². The van der Waals surface area contributed by atoms with E-state index in [0.29, 0.717) is 5.71 Å². The summed E-state index contributed by atoms with van der Waals surface area (Å²) in [5.41, 5.74) is 5.32. The molecule has 0 atom stereocenters. The molecule has 24 heavy (non-hydrogen) atoms. The van der Waals surface area contributed by atoms with Gasteiger partial charge in [-0.25, -0.2) is 4.98 Å². The minimum absolute atomic E-state index is 0.0704. The third-order valence-electron chi connectivity index (χ3n) is 4.60. The topological polar surface area (TPSA) is 26.0 Å². The molecule has 0 aliphatic heterocycles. The molecule has 4 rings (SSSR count). The molecule has 0 saturated heterocycles. The normalized spacial score (nSPS) is 12.2. The van der Waals surface area contributed by atoms with Crippen molar-refractivity contribution in [2.24, 2.45) is 0 Å². The van der Waals surface area contributed by atoms with Gasteiger partial charge in [-0.05, 0) is 58.5 Å². The van der Waals surface area contributed by atoms with Gasteiger partial charge < -0.3 is 4.42 Å². The number of hydrogen-bond donors (Lipinski definition) is 0. The fourth-order valence-electron chi connectivity index (χ4n) is 3.28. The molecule has 0 unspecified atom stereocenters. The van der Waals surface area contributed by atoms with Crippen LogP contribution in [0.5, 0.6) is 0 Å². The number of pyridine rings is 1. The zero-order valence-electron chi connectivity index (χ0n) is 14.6. The molecule has 0 aliphatic carbocycles. The van der Waals surface area contributed by atoms with Gasteiger partial charge in [0.2, 0.25) is 5.71 Å². The summed E-state index contributed by atoms with van der Waals surface area (Å²) < 4.78 is 5.58. The minimum atomic E-state index is 0.0704. The summed E-state index contributed by atoms with van der Waals surface area (Å²) in [5, 5.41) is 3.64. The highest BCUT2D eigenvalue weighted by molar-refractivity contribution is 5.91. The van der Waals surface area contributed by atoms with E-state index < -0.39 is 0 Å². The molecule has 0 saturated carbocycles. The number of aryl methyl sites for hydroxylation is 1. The Morgan fingerprint density at radius 3 is 2.50 bits per heavy atom. The Morgan fingerprint density at radius 1 is 0.917 bits per heavy atom. The first kappa shape index (κ1) is 14.9. The number of fused-ring (bicyclic) bond motifs is 2. The van der Waals surface area contributed by atoms with Crippen LogP contribution in [0.2, 0.25) is 0 Å². The Hall–Kier alpha value is -2.61. The first-order chi connectivity index (χ1) is 11.4. The van der Waals surface area contributed by atoms with Crippen LogP contribution in [0.3, 0.4) is 0 Å². The average Bonchev–Trinajstić information content (AvgIpc) is 2.93. The molecule has 2 nitrogen and oxygen atoms in total. The van der Waals surface area contributed by atoms with Gasteiger partial charge in [0.1, 0.15) is 0 Å². The highest BCUT2D eigenvalue weighted by Gasteiger charge is 2.18. The lowest BCUT2D eigenvalue weighted by atomic mass is 9.82. The summed E-state index contributed by atoms with van der Waals surface area (Å²) in [4.78, 5) is 4.73. The summed E-state index contributed by atoms with van der Waals surface area (Å²) >= 11 is 0. The summed E-state index contributed by atoms with van der Waals surface area (Å²) in [6.07, 6.45) is 1.77. The van der Waals surface area contributed by atoms with Crippen molar-refractivity contribution < 1.29 is 4.42 Å². The molecular formula is C22H21NO. The fourth-order valence-corrected chi connectivity index (χ4v) is 3.28. The molecule has 0 radical (unpaired) electrons. The molecule has 2 heterocycles. The Kier molecular flexibility index (Phi) is 3.24. The van der Waals surface area contributed by atoms with Gasteiger partial charge in [-0.1, -0.05) is 45.0 Å². The van der Waals surface area contributed by atoms with Gasteiger partial charge in [-0.2, -0.15) is 0 Å². The second kappa shape index (κ2) is 5.20. The third-order valence-corrected chi connectivity index (χ3v) is 4.60. The van der Waals surface area contributed by atoms with E-state index in [4.69, 9.17) is 9.40 Å². The third kappa shape index (κ3) is 2.39. The lowest BCUT2D eigenvalue weighted by Crippen LogP contribution is -2.12. The van der Waals surface area contributed by atoms with Crippen LogP contribution in [0.25, 0.3) is 33.1 Å². The molecule has 2 aromatic carbocycles. The van der Waals surface area contributed by atoms with Gasteiger partial charge in [0.05, 0.1) is 12.0 Å². The SMILES string of the molecule is Cc1coc2nc(-c3cc(C(C)(C)C)c4ccccc4c3)ccc12.